The molecule has 224 valence electrons. The minimum Gasteiger partial charge on any atom is -0.347 e. The maximum atomic E-state index is 13.7. The van der Waals surface area contributed by atoms with Crippen LogP contribution < -0.4 is 5.32 Å². The van der Waals surface area contributed by atoms with Gasteiger partial charge in [-0.1, -0.05) is 47.3 Å². The van der Waals surface area contributed by atoms with Crippen molar-refractivity contribution < 1.29 is 14.0 Å². The third kappa shape index (κ3) is 7.37. The number of piperidine rings is 2. The molecule has 1 N–H and O–H groups in total. The zero-order valence-corrected chi connectivity index (χ0v) is 26.3. The molecule has 2 unspecified atom stereocenters. The molecule has 10 heteroatoms. The van der Waals surface area contributed by atoms with Crippen molar-refractivity contribution in [3.8, 4) is 0 Å². The molecule has 2 aliphatic heterocycles. The van der Waals surface area contributed by atoms with Crippen LogP contribution in [0.25, 0.3) is 0 Å². The van der Waals surface area contributed by atoms with Gasteiger partial charge in [0.05, 0.1) is 15.1 Å². The van der Waals surface area contributed by atoms with Crippen LogP contribution in [0.3, 0.4) is 0 Å². The Hall–Kier alpha value is -1.90. The summed E-state index contributed by atoms with van der Waals surface area (Å²) in [5, 5.41) is 4.30. The van der Waals surface area contributed by atoms with E-state index < -0.39 is 11.4 Å². The van der Waals surface area contributed by atoms with E-state index in [9.17, 15) is 14.0 Å². The quantitative estimate of drug-likeness (QED) is 0.346. The number of rotatable bonds is 9. The Morgan fingerprint density at radius 3 is 2.41 bits per heavy atom. The monoisotopic (exact) mass is 624 g/mol. The Labute approximate surface area is 258 Å². The van der Waals surface area contributed by atoms with Crippen LogP contribution in [0.15, 0.2) is 36.4 Å². The Bertz CT molecular complexity index is 1240. The lowest BCUT2D eigenvalue weighted by Gasteiger charge is -2.51. The number of halogens is 4. The maximum Gasteiger partial charge on any atom is 0.253 e. The van der Waals surface area contributed by atoms with Crippen LogP contribution >= 0.6 is 34.8 Å². The van der Waals surface area contributed by atoms with Gasteiger partial charge in [0.25, 0.3) is 5.91 Å². The summed E-state index contributed by atoms with van der Waals surface area (Å²) in [5.74, 6) is -0.625. The average Bonchev–Trinajstić information content (AvgIpc) is 2.97. The van der Waals surface area contributed by atoms with Crippen molar-refractivity contribution in [3.05, 3.63) is 68.4 Å². The second kappa shape index (κ2) is 14.0. The van der Waals surface area contributed by atoms with Crippen molar-refractivity contribution in [2.45, 2.75) is 62.4 Å². The number of hydrogen-bond acceptors (Lipinski definition) is 4. The van der Waals surface area contributed by atoms with E-state index in [-0.39, 0.29) is 28.8 Å². The predicted molar refractivity (Wildman–Crippen MR) is 165 cm³/mol. The molecule has 2 saturated heterocycles. The van der Waals surface area contributed by atoms with Crippen molar-refractivity contribution >= 4 is 46.6 Å². The topological polar surface area (TPSA) is 55.9 Å². The fourth-order valence-electron chi connectivity index (χ4n) is 6.53. The largest absolute Gasteiger partial charge is 0.347 e. The first-order valence-electron chi connectivity index (χ1n) is 14.4. The van der Waals surface area contributed by atoms with E-state index in [0.29, 0.717) is 22.2 Å². The van der Waals surface area contributed by atoms with Crippen LogP contribution in [-0.2, 0) is 4.79 Å². The fraction of sp³-hybridized carbons (Fsp3) is 0.548. The number of amides is 2. The Balaban J connectivity index is 1.57. The van der Waals surface area contributed by atoms with E-state index in [0.717, 1.165) is 70.1 Å². The van der Waals surface area contributed by atoms with Crippen LogP contribution in [0.4, 0.5) is 4.39 Å². The zero-order chi connectivity index (χ0) is 29.7. The lowest BCUT2D eigenvalue weighted by Crippen LogP contribution is -2.66. The molecule has 2 fully saturated rings. The van der Waals surface area contributed by atoms with Crippen LogP contribution in [0.5, 0.6) is 0 Å². The number of nitrogens with zero attached hydrogens (tertiary/aromatic N) is 3. The van der Waals surface area contributed by atoms with Crippen molar-refractivity contribution in [2.75, 3.05) is 47.3 Å². The van der Waals surface area contributed by atoms with E-state index in [2.05, 4.69) is 10.2 Å². The first-order valence-corrected chi connectivity index (χ1v) is 15.5. The Kier molecular flexibility index (Phi) is 11.0. The molecule has 2 amide bonds. The minimum absolute atomic E-state index is 0.0214. The minimum atomic E-state index is -0.559. The second-order valence-electron chi connectivity index (χ2n) is 11.6. The predicted octanol–water partition coefficient (Wildman–Crippen LogP) is 6.49. The molecule has 2 aliphatic rings. The summed E-state index contributed by atoms with van der Waals surface area (Å²) in [7, 11) is 5.45. The lowest BCUT2D eigenvalue weighted by molar-refractivity contribution is -0.148. The first-order chi connectivity index (χ1) is 19.5. The summed E-state index contributed by atoms with van der Waals surface area (Å²) in [4.78, 5) is 32.8. The summed E-state index contributed by atoms with van der Waals surface area (Å²) < 4.78 is 13.7. The molecule has 0 aromatic heterocycles. The molecule has 2 heterocycles. The number of hydrogen-bond donors (Lipinski definition) is 1. The van der Waals surface area contributed by atoms with Gasteiger partial charge in [0.15, 0.2) is 0 Å². The third-order valence-electron chi connectivity index (χ3n) is 8.68. The average molecular weight is 626 g/mol. The van der Waals surface area contributed by atoms with Crippen LogP contribution in [0, 0.1) is 5.82 Å². The van der Waals surface area contributed by atoms with Crippen LogP contribution in [-0.4, -0.2) is 85.4 Å². The van der Waals surface area contributed by atoms with Crippen molar-refractivity contribution in [1.29, 1.82) is 0 Å². The van der Waals surface area contributed by atoms with Gasteiger partial charge in [0, 0.05) is 45.2 Å². The SMILES string of the molecule is CN(C)C(=O)C1(N2CCCCC2CCC(CN(C)C(=O)c2ccc(F)c(Cl)c2)c2ccc(Cl)c(Cl)c2)CCNCC1. The molecule has 2 aromatic carbocycles. The number of nitrogens with one attached hydrogen (secondary N) is 1. The molecule has 0 spiro atoms. The molecular formula is C31H40Cl3FN4O2. The number of likely N-dealkylation sites (tertiary alicyclic amines) is 1. The van der Waals surface area contributed by atoms with E-state index in [1.165, 1.54) is 18.2 Å². The normalized spacial score (nSPS) is 19.9. The number of likely N-dealkylation sites (N-methyl/N-ethyl adjacent to an activating group) is 2. The highest BCUT2D eigenvalue weighted by atomic mass is 35.5. The van der Waals surface area contributed by atoms with Gasteiger partial charge in [-0.3, -0.25) is 14.5 Å². The number of carbonyl (C=O) groups excluding carboxylic acids is 2. The Morgan fingerprint density at radius 2 is 1.76 bits per heavy atom. The summed E-state index contributed by atoms with van der Waals surface area (Å²) in [6, 6.07) is 9.92. The van der Waals surface area contributed by atoms with Gasteiger partial charge in [-0.2, -0.15) is 0 Å². The highest BCUT2D eigenvalue weighted by Gasteiger charge is 2.48. The standard InChI is InChI=1S/C31H40Cl3FN4O2/c1-37(2)30(41)31(13-15-36-16-14-31)39-17-5-4-6-24(39)10-7-23(21-8-11-25(32)26(33)18-21)20-38(3)29(40)22-9-12-28(35)27(34)19-22/h8-9,11-12,18-19,23-24,36H,4-7,10,13-17,20H2,1-3H3. The molecule has 4 rings (SSSR count). The molecular weight excluding hydrogens is 586 g/mol. The van der Waals surface area contributed by atoms with Gasteiger partial charge in [0.2, 0.25) is 5.91 Å². The molecule has 2 aromatic rings. The van der Waals surface area contributed by atoms with Crippen LogP contribution in [0.1, 0.15) is 66.8 Å². The zero-order valence-electron chi connectivity index (χ0n) is 24.1. The maximum absolute atomic E-state index is 13.7. The summed E-state index contributed by atoms with van der Waals surface area (Å²) in [6.45, 7) is 3.00. The highest BCUT2D eigenvalue weighted by molar-refractivity contribution is 6.42. The molecule has 0 bridgehead atoms. The van der Waals surface area contributed by atoms with Gasteiger partial charge >= 0.3 is 0 Å². The van der Waals surface area contributed by atoms with Gasteiger partial charge < -0.3 is 15.1 Å². The van der Waals surface area contributed by atoms with E-state index >= 15 is 0 Å². The van der Waals surface area contributed by atoms with Crippen molar-refractivity contribution in [3.63, 3.8) is 0 Å². The van der Waals surface area contributed by atoms with Gasteiger partial charge in [-0.15, -0.1) is 0 Å². The van der Waals surface area contributed by atoms with Crippen molar-refractivity contribution in [1.82, 2.24) is 20.0 Å². The van der Waals surface area contributed by atoms with E-state index in [1.807, 2.05) is 26.2 Å². The van der Waals surface area contributed by atoms with Gasteiger partial charge in [0.1, 0.15) is 11.4 Å². The highest BCUT2D eigenvalue weighted by Crippen LogP contribution is 2.38. The second-order valence-corrected chi connectivity index (χ2v) is 12.8. The fourth-order valence-corrected chi connectivity index (χ4v) is 7.02. The lowest BCUT2D eigenvalue weighted by atomic mass is 9.80. The molecule has 41 heavy (non-hydrogen) atoms. The Morgan fingerprint density at radius 1 is 1.02 bits per heavy atom. The van der Waals surface area contributed by atoms with E-state index in [1.54, 1.807) is 22.9 Å². The smallest absolute Gasteiger partial charge is 0.253 e. The van der Waals surface area contributed by atoms with E-state index in [4.69, 9.17) is 34.8 Å². The van der Waals surface area contributed by atoms with Crippen molar-refractivity contribution in [2.24, 2.45) is 0 Å². The third-order valence-corrected chi connectivity index (χ3v) is 9.71. The number of benzene rings is 2. The first kappa shape index (κ1) is 32.0. The molecule has 0 radical (unpaired) electrons. The number of carbonyl (C=O) groups is 2. The molecule has 2 atom stereocenters. The summed E-state index contributed by atoms with van der Waals surface area (Å²) in [5.41, 5.74) is 0.841. The van der Waals surface area contributed by atoms with Gasteiger partial charge in [-0.05, 0) is 94.1 Å². The summed E-state index contributed by atoms with van der Waals surface area (Å²) in [6.07, 6.45) is 6.53. The molecule has 0 aliphatic carbocycles. The molecule has 0 saturated carbocycles. The summed E-state index contributed by atoms with van der Waals surface area (Å²) >= 11 is 18.6. The van der Waals surface area contributed by atoms with Crippen LogP contribution in [0.2, 0.25) is 15.1 Å². The molecule has 6 nitrogen and oxygen atoms in total. The van der Waals surface area contributed by atoms with Gasteiger partial charge in [-0.25, -0.2) is 4.39 Å².